The lowest BCUT2D eigenvalue weighted by Crippen LogP contribution is -2.41. The summed E-state index contributed by atoms with van der Waals surface area (Å²) in [4.78, 5) is 13.1. The zero-order chi connectivity index (χ0) is 18.3. The molecule has 1 aliphatic heterocycles. The van der Waals surface area contributed by atoms with Crippen LogP contribution in [-0.2, 0) is 6.54 Å². The van der Waals surface area contributed by atoms with Gasteiger partial charge in [-0.25, -0.2) is 9.36 Å². The molecule has 3 aromatic rings. The Balaban J connectivity index is 1.82. The second-order valence-electron chi connectivity index (χ2n) is 6.95. The van der Waals surface area contributed by atoms with E-state index in [0.717, 1.165) is 17.8 Å². The van der Waals surface area contributed by atoms with Gasteiger partial charge in [-0.2, -0.15) is 4.40 Å². The van der Waals surface area contributed by atoms with Crippen LogP contribution in [0.1, 0.15) is 35.1 Å². The Bertz CT molecular complexity index is 987. The average molecular weight is 384 g/mol. The Hall–Kier alpha value is -1.72. The maximum absolute atomic E-state index is 13.1. The van der Waals surface area contributed by atoms with Crippen molar-refractivity contribution in [3.63, 3.8) is 0 Å². The lowest BCUT2D eigenvalue weighted by Gasteiger charge is -2.11. The Kier molecular flexibility index (Phi) is 4.84. The Morgan fingerprint density at radius 3 is 2.42 bits per heavy atom. The first kappa shape index (κ1) is 17.7. The van der Waals surface area contributed by atoms with Gasteiger partial charge >= 0.3 is 5.56 Å². The number of fused-ring (bicyclic) bond motifs is 1. The number of aromatic nitrogens is 2. The summed E-state index contributed by atoms with van der Waals surface area (Å²) in [7, 11) is 0. The molecule has 1 aromatic carbocycles. The van der Waals surface area contributed by atoms with Crippen molar-refractivity contribution in [3.8, 4) is 0 Å². The Labute approximate surface area is 162 Å². The molecule has 2 atom stereocenters. The van der Waals surface area contributed by atoms with Gasteiger partial charge in [-0.1, -0.05) is 49.7 Å². The number of aryl methyl sites for hydroxylation is 1. The molecule has 0 spiro atoms. The maximum atomic E-state index is 13.1. The predicted octanol–water partition coefficient (Wildman–Crippen LogP) is 4.20. The minimum atomic E-state index is 0.104. The highest BCUT2D eigenvalue weighted by Gasteiger charge is 2.34. The van der Waals surface area contributed by atoms with Crippen LogP contribution in [0.15, 0.2) is 59.7 Å². The van der Waals surface area contributed by atoms with Gasteiger partial charge in [0.2, 0.25) is 0 Å². The molecular formula is C21H23N2OS2+. The molecule has 3 heterocycles. The van der Waals surface area contributed by atoms with E-state index in [0.29, 0.717) is 10.5 Å². The van der Waals surface area contributed by atoms with Crippen molar-refractivity contribution in [2.24, 2.45) is 0 Å². The van der Waals surface area contributed by atoms with Crippen LogP contribution in [0, 0.1) is 6.92 Å². The van der Waals surface area contributed by atoms with Crippen LogP contribution in [0.5, 0.6) is 0 Å². The molecule has 0 amide bonds. The van der Waals surface area contributed by atoms with Gasteiger partial charge in [-0.15, -0.1) is 23.5 Å². The summed E-state index contributed by atoms with van der Waals surface area (Å²) >= 11 is 3.81. The lowest BCUT2D eigenvalue weighted by molar-refractivity contribution is -0.666. The fourth-order valence-corrected chi connectivity index (χ4v) is 6.77. The van der Waals surface area contributed by atoms with Crippen LogP contribution >= 0.6 is 23.5 Å². The monoisotopic (exact) mass is 383 g/mol. The van der Waals surface area contributed by atoms with Gasteiger partial charge < -0.3 is 0 Å². The van der Waals surface area contributed by atoms with E-state index in [2.05, 4.69) is 55.8 Å². The van der Waals surface area contributed by atoms with Gasteiger partial charge in [0.05, 0.1) is 10.8 Å². The van der Waals surface area contributed by atoms with Crippen molar-refractivity contribution in [2.45, 2.75) is 42.4 Å². The second-order valence-corrected chi connectivity index (χ2v) is 10.2. The summed E-state index contributed by atoms with van der Waals surface area (Å²) in [6.45, 7) is 7.36. The molecule has 0 aliphatic carbocycles. The van der Waals surface area contributed by atoms with Crippen LogP contribution in [0.25, 0.3) is 5.65 Å². The molecule has 5 heteroatoms. The molecule has 1 fully saturated rings. The molecule has 2 aromatic heterocycles. The summed E-state index contributed by atoms with van der Waals surface area (Å²) in [6.07, 6.45) is 3.96. The molecule has 4 rings (SSSR count). The first-order valence-electron chi connectivity index (χ1n) is 8.93. The molecule has 0 bridgehead atoms. The Morgan fingerprint density at radius 2 is 1.73 bits per heavy atom. The van der Waals surface area contributed by atoms with Crippen molar-refractivity contribution in [3.05, 3.63) is 81.9 Å². The van der Waals surface area contributed by atoms with Crippen LogP contribution < -0.4 is 10.1 Å². The van der Waals surface area contributed by atoms with Crippen molar-refractivity contribution in [1.82, 2.24) is 4.40 Å². The normalized spacial score (nSPS) is 22.8. The molecule has 1 saturated heterocycles. The molecule has 1 aliphatic rings. The van der Waals surface area contributed by atoms with Gasteiger partial charge in [-0.05, 0) is 18.6 Å². The first-order chi connectivity index (χ1) is 12.5. The topological polar surface area (TPSA) is 25.4 Å². The smallest absolute Gasteiger partial charge is 0.240 e. The van der Waals surface area contributed by atoms with E-state index in [9.17, 15) is 4.79 Å². The fraction of sp³-hybridized carbons (Fsp3) is 0.333. The number of thioether (sulfide) groups is 2. The summed E-state index contributed by atoms with van der Waals surface area (Å²) in [5, 5.41) is 1.12. The van der Waals surface area contributed by atoms with Crippen LogP contribution in [0.4, 0.5) is 0 Å². The van der Waals surface area contributed by atoms with Crippen molar-refractivity contribution in [1.29, 1.82) is 0 Å². The minimum absolute atomic E-state index is 0.104. The molecule has 134 valence electrons. The Morgan fingerprint density at radius 1 is 1.04 bits per heavy atom. The van der Waals surface area contributed by atoms with Crippen molar-refractivity contribution < 1.29 is 4.57 Å². The maximum Gasteiger partial charge on any atom is 0.347 e. The second kappa shape index (κ2) is 7.12. The van der Waals surface area contributed by atoms with Crippen molar-refractivity contribution in [2.75, 3.05) is 0 Å². The number of hydrogen-bond donors (Lipinski definition) is 0. The largest absolute Gasteiger partial charge is 0.347 e. The summed E-state index contributed by atoms with van der Waals surface area (Å²) in [5.41, 5.74) is 4.43. The third-order valence-corrected chi connectivity index (χ3v) is 8.47. The quantitative estimate of drug-likeness (QED) is 0.634. The van der Waals surface area contributed by atoms with E-state index in [1.54, 1.807) is 4.40 Å². The van der Waals surface area contributed by atoms with Gasteiger partial charge in [0.1, 0.15) is 18.3 Å². The minimum Gasteiger partial charge on any atom is -0.240 e. The van der Waals surface area contributed by atoms with E-state index in [-0.39, 0.29) is 10.1 Å². The third kappa shape index (κ3) is 3.30. The molecule has 0 N–H and O–H groups in total. The number of pyridine rings is 1. The third-order valence-electron chi connectivity index (χ3n) is 4.96. The molecule has 0 saturated carbocycles. The van der Waals surface area contributed by atoms with E-state index in [1.807, 2.05) is 47.9 Å². The van der Waals surface area contributed by atoms with Crippen LogP contribution in [0.3, 0.4) is 0 Å². The fourth-order valence-electron chi connectivity index (χ4n) is 3.24. The van der Waals surface area contributed by atoms with E-state index < -0.39 is 0 Å². The molecule has 0 radical (unpaired) electrons. The summed E-state index contributed by atoms with van der Waals surface area (Å²) < 4.78 is 4.20. The highest BCUT2D eigenvalue weighted by Crippen LogP contribution is 2.52. The zero-order valence-corrected chi connectivity index (χ0v) is 16.9. The van der Waals surface area contributed by atoms with E-state index in [4.69, 9.17) is 0 Å². The predicted molar refractivity (Wildman–Crippen MR) is 111 cm³/mol. The van der Waals surface area contributed by atoms with Crippen molar-refractivity contribution >= 4 is 29.2 Å². The first-order valence-corrected chi connectivity index (χ1v) is 10.8. The summed E-state index contributed by atoms with van der Waals surface area (Å²) in [5.74, 6) is 0. The van der Waals surface area contributed by atoms with Gasteiger partial charge in [0.25, 0.3) is 5.65 Å². The van der Waals surface area contributed by atoms with Crippen LogP contribution in [0.2, 0.25) is 0 Å². The molecular weight excluding hydrogens is 360 g/mol. The van der Waals surface area contributed by atoms with E-state index in [1.165, 1.54) is 11.1 Å². The lowest BCUT2D eigenvalue weighted by atomic mass is 10.1. The van der Waals surface area contributed by atoms with E-state index >= 15 is 0 Å². The number of rotatable bonds is 3. The summed E-state index contributed by atoms with van der Waals surface area (Å²) in [6, 6.07) is 14.5. The SMILES string of the molecule is Cc1ccc(C[n+]2cc(C3SC(C)C(C)S3)c(=O)n3ccccc32)cc1. The zero-order valence-electron chi connectivity index (χ0n) is 15.3. The number of hydrogen-bond acceptors (Lipinski definition) is 3. The van der Waals surface area contributed by atoms with Gasteiger partial charge in [0, 0.05) is 16.6 Å². The number of nitrogens with zero attached hydrogens (tertiary/aromatic N) is 2. The molecule has 2 unspecified atom stereocenters. The standard InChI is InChI=1S/C21H23N2OS2/c1-14-7-9-17(10-8-14)12-22-13-18(21-25-15(2)16(3)26-21)20(24)23-11-5-4-6-19(22)23/h4-11,13,15-16,21H,12H2,1-3H3/q+1. The van der Waals surface area contributed by atoms with Gasteiger partial charge in [0.15, 0.2) is 0 Å². The highest BCUT2D eigenvalue weighted by atomic mass is 32.2. The number of benzene rings is 1. The molecule has 26 heavy (non-hydrogen) atoms. The average Bonchev–Trinajstić information content (AvgIpc) is 2.98. The van der Waals surface area contributed by atoms with Crippen LogP contribution in [-0.4, -0.2) is 14.9 Å². The highest BCUT2D eigenvalue weighted by molar-refractivity contribution is 8.20. The van der Waals surface area contributed by atoms with Gasteiger partial charge in [-0.3, -0.25) is 0 Å². The molecule has 3 nitrogen and oxygen atoms in total.